The topological polar surface area (TPSA) is 29.5 Å². The Kier molecular flexibility index (Phi) is 7.29. The van der Waals surface area contributed by atoms with Crippen LogP contribution in [0.5, 0.6) is 0 Å². The predicted molar refractivity (Wildman–Crippen MR) is 55.8 cm³/mol. The van der Waals surface area contributed by atoms with Gasteiger partial charge >= 0.3 is 0 Å². The highest BCUT2D eigenvalue weighted by molar-refractivity contribution is 4.70. The maximum atomic E-state index is 9.11. The van der Waals surface area contributed by atoms with Crippen molar-refractivity contribution in [1.82, 2.24) is 0 Å². The molecule has 0 aromatic heterocycles. The minimum absolute atomic E-state index is 0.0355. The average molecular weight is 188 g/mol. The summed E-state index contributed by atoms with van der Waals surface area (Å²) in [4.78, 5) is 0. The van der Waals surface area contributed by atoms with Crippen LogP contribution < -0.4 is 0 Å². The number of hydrogen-bond donors (Lipinski definition) is 1. The molecule has 0 bridgehead atoms. The minimum Gasteiger partial charge on any atom is -0.396 e. The highest BCUT2D eigenvalue weighted by Crippen LogP contribution is 2.20. The number of ether oxygens (including phenoxy) is 1. The molecule has 0 spiro atoms. The molecule has 13 heavy (non-hydrogen) atoms. The highest BCUT2D eigenvalue weighted by atomic mass is 16.5. The van der Waals surface area contributed by atoms with Crippen molar-refractivity contribution < 1.29 is 9.84 Å². The molecule has 0 saturated carbocycles. The van der Waals surface area contributed by atoms with Gasteiger partial charge in [-0.15, -0.1) is 0 Å². The Morgan fingerprint density at radius 2 is 1.92 bits per heavy atom. The van der Waals surface area contributed by atoms with Crippen LogP contribution in [0.2, 0.25) is 0 Å². The first-order valence-electron chi connectivity index (χ1n) is 5.37. The summed E-state index contributed by atoms with van der Waals surface area (Å²) in [6, 6.07) is 0. The lowest BCUT2D eigenvalue weighted by atomic mass is 9.90. The number of hydrogen-bond acceptors (Lipinski definition) is 2. The molecule has 0 aliphatic rings. The second kappa shape index (κ2) is 7.34. The van der Waals surface area contributed by atoms with Gasteiger partial charge in [0.2, 0.25) is 0 Å². The molecule has 0 heterocycles. The van der Waals surface area contributed by atoms with Crippen molar-refractivity contribution in [1.29, 1.82) is 0 Å². The van der Waals surface area contributed by atoms with Gasteiger partial charge in [-0.2, -0.15) is 0 Å². The number of aliphatic hydroxyl groups is 1. The van der Waals surface area contributed by atoms with E-state index in [0.717, 1.165) is 19.4 Å². The lowest BCUT2D eigenvalue weighted by Crippen LogP contribution is -2.26. The van der Waals surface area contributed by atoms with Crippen LogP contribution >= 0.6 is 0 Å². The second-order valence-corrected chi connectivity index (χ2v) is 4.08. The van der Waals surface area contributed by atoms with E-state index in [1.807, 2.05) is 0 Å². The van der Waals surface area contributed by atoms with Crippen molar-refractivity contribution in [2.75, 3.05) is 19.8 Å². The van der Waals surface area contributed by atoms with E-state index < -0.39 is 0 Å². The summed E-state index contributed by atoms with van der Waals surface area (Å²) in [5.41, 5.74) is -0.0355. The van der Waals surface area contributed by atoms with Crippen molar-refractivity contribution in [2.45, 2.75) is 46.5 Å². The molecular formula is C11H24O2. The SMILES string of the molecule is CCCCCOCC(C)(CC)CO. The van der Waals surface area contributed by atoms with Crippen LogP contribution in [0.15, 0.2) is 0 Å². The van der Waals surface area contributed by atoms with Crippen molar-refractivity contribution >= 4 is 0 Å². The summed E-state index contributed by atoms with van der Waals surface area (Å²) < 4.78 is 5.52. The van der Waals surface area contributed by atoms with Gasteiger partial charge in [0.05, 0.1) is 13.2 Å². The van der Waals surface area contributed by atoms with Gasteiger partial charge in [-0.1, -0.05) is 33.6 Å². The van der Waals surface area contributed by atoms with Gasteiger partial charge in [-0.3, -0.25) is 0 Å². The van der Waals surface area contributed by atoms with Crippen LogP contribution in [0.25, 0.3) is 0 Å². The first-order valence-corrected chi connectivity index (χ1v) is 5.37. The lowest BCUT2D eigenvalue weighted by molar-refractivity contribution is 0.0138. The fraction of sp³-hybridized carbons (Fsp3) is 1.00. The zero-order valence-corrected chi connectivity index (χ0v) is 9.31. The molecule has 0 aromatic rings. The van der Waals surface area contributed by atoms with Gasteiger partial charge in [0.15, 0.2) is 0 Å². The summed E-state index contributed by atoms with van der Waals surface area (Å²) in [7, 11) is 0. The first kappa shape index (κ1) is 12.9. The Bertz CT molecular complexity index is 109. The van der Waals surface area contributed by atoms with E-state index in [9.17, 15) is 0 Å². The summed E-state index contributed by atoms with van der Waals surface area (Å²) in [5.74, 6) is 0. The van der Waals surface area contributed by atoms with Gasteiger partial charge in [-0.25, -0.2) is 0 Å². The molecule has 1 N–H and O–H groups in total. The van der Waals surface area contributed by atoms with Crippen molar-refractivity contribution in [2.24, 2.45) is 5.41 Å². The molecular weight excluding hydrogens is 164 g/mol. The first-order chi connectivity index (χ1) is 6.18. The van der Waals surface area contributed by atoms with Gasteiger partial charge in [0, 0.05) is 12.0 Å². The van der Waals surface area contributed by atoms with Crippen LogP contribution in [-0.4, -0.2) is 24.9 Å². The largest absolute Gasteiger partial charge is 0.396 e. The summed E-state index contributed by atoms with van der Waals surface area (Å²) in [6.07, 6.45) is 4.58. The zero-order valence-electron chi connectivity index (χ0n) is 9.31. The Labute approximate surface area is 82.3 Å². The van der Waals surface area contributed by atoms with E-state index in [2.05, 4.69) is 20.8 Å². The van der Waals surface area contributed by atoms with Crippen LogP contribution in [-0.2, 0) is 4.74 Å². The van der Waals surface area contributed by atoms with E-state index >= 15 is 0 Å². The van der Waals surface area contributed by atoms with Crippen molar-refractivity contribution in [3.8, 4) is 0 Å². The highest BCUT2D eigenvalue weighted by Gasteiger charge is 2.20. The molecule has 80 valence electrons. The Balaban J connectivity index is 3.39. The molecule has 0 aliphatic heterocycles. The molecule has 0 aromatic carbocycles. The van der Waals surface area contributed by atoms with E-state index in [4.69, 9.17) is 9.84 Å². The average Bonchev–Trinajstić information content (AvgIpc) is 2.17. The third kappa shape index (κ3) is 6.05. The van der Waals surface area contributed by atoms with Crippen LogP contribution in [0.4, 0.5) is 0 Å². The number of unbranched alkanes of at least 4 members (excludes halogenated alkanes) is 2. The van der Waals surface area contributed by atoms with E-state index in [0.29, 0.717) is 6.61 Å². The van der Waals surface area contributed by atoms with Crippen LogP contribution in [0, 0.1) is 5.41 Å². The standard InChI is InChI=1S/C11H24O2/c1-4-6-7-8-13-10-11(3,5-2)9-12/h12H,4-10H2,1-3H3. The number of aliphatic hydroxyl groups excluding tert-OH is 1. The maximum Gasteiger partial charge on any atom is 0.0541 e. The van der Waals surface area contributed by atoms with Crippen molar-refractivity contribution in [3.05, 3.63) is 0 Å². The van der Waals surface area contributed by atoms with E-state index in [-0.39, 0.29) is 12.0 Å². The summed E-state index contributed by atoms with van der Waals surface area (Å²) in [6.45, 7) is 8.08. The monoisotopic (exact) mass is 188 g/mol. The molecule has 1 unspecified atom stereocenters. The molecule has 0 radical (unpaired) electrons. The van der Waals surface area contributed by atoms with Crippen LogP contribution in [0.3, 0.4) is 0 Å². The Morgan fingerprint density at radius 3 is 2.38 bits per heavy atom. The van der Waals surface area contributed by atoms with Gasteiger partial charge in [0.25, 0.3) is 0 Å². The number of rotatable bonds is 8. The van der Waals surface area contributed by atoms with Crippen molar-refractivity contribution in [3.63, 3.8) is 0 Å². The van der Waals surface area contributed by atoms with Gasteiger partial charge in [-0.05, 0) is 12.8 Å². The van der Waals surface area contributed by atoms with Gasteiger partial charge in [0.1, 0.15) is 0 Å². The van der Waals surface area contributed by atoms with E-state index in [1.54, 1.807) is 0 Å². The molecule has 0 aliphatic carbocycles. The lowest BCUT2D eigenvalue weighted by Gasteiger charge is -2.25. The van der Waals surface area contributed by atoms with Gasteiger partial charge < -0.3 is 9.84 Å². The quantitative estimate of drug-likeness (QED) is 0.593. The Hall–Kier alpha value is -0.0800. The molecule has 2 heteroatoms. The predicted octanol–water partition coefficient (Wildman–Crippen LogP) is 2.60. The normalized spacial score (nSPS) is 15.7. The summed E-state index contributed by atoms with van der Waals surface area (Å²) >= 11 is 0. The maximum absolute atomic E-state index is 9.11. The molecule has 0 fully saturated rings. The third-order valence-corrected chi connectivity index (χ3v) is 2.58. The fourth-order valence-corrected chi connectivity index (χ4v) is 1.03. The third-order valence-electron chi connectivity index (χ3n) is 2.58. The molecule has 0 rings (SSSR count). The summed E-state index contributed by atoms with van der Waals surface area (Å²) in [5, 5.41) is 9.11. The van der Waals surface area contributed by atoms with E-state index in [1.165, 1.54) is 12.8 Å². The smallest absolute Gasteiger partial charge is 0.0541 e. The molecule has 0 saturated heterocycles. The molecule has 2 nitrogen and oxygen atoms in total. The zero-order chi connectivity index (χ0) is 10.2. The minimum atomic E-state index is -0.0355. The fourth-order valence-electron chi connectivity index (χ4n) is 1.03. The molecule has 1 atom stereocenters. The second-order valence-electron chi connectivity index (χ2n) is 4.08. The van der Waals surface area contributed by atoms with Crippen LogP contribution in [0.1, 0.15) is 46.5 Å². The Morgan fingerprint density at radius 1 is 1.23 bits per heavy atom. The molecule has 0 amide bonds.